The molecular weight excluding hydrogens is 280 g/mol. The topological polar surface area (TPSA) is 91.3 Å². The minimum Gasteiger partial charge on any atom is -0.550 e. The lowest BCUT2D eigenvalue weighted by Gasteiger charge is -2.02. The second-order valence-electron chi connectivity index (χ2n) is 4.13. The highest BCUT2D eigenvalue weighted by atomic mass is 32.1. The van der Waals surface area contributed by atoms with E-state index in [-0.39, 0.29) is 25.2 Å². The molecule has 0 saturated heterocycles. The molecule has 6 nitrogen and oxygen atoms in total. The highest BCUT2D eigenvalue weighted by Gasteiger charge is 2.08. The van der Waals surface area contributed by atoms with Gasteiger partial charge in [-0.3, -0.25) is 4.79 Å². The standard InChI is InChI=1S/C13H14N2O4S/c1-19-8-5-6-9-10(7-8)20-13(14-9)15-11(16)3-2-4-12(17)18/h5-7H,2-4H2,1H3,(H,17,18)(H,14,15,16)/p-1. The molecule has 0 fully saturated rings. The minimum absolute atomic E-state index is 0.121. The van der Waals surface area contributed by atoms with Crippen LogP contribution in [0.5, 0.6) is 5.75 Å². The van der Waals surface area contributed by atoms with Crippen LogP contribution < -0.4 is 15.2 Å². The molecule has 0 spiro atoms. The molecule has 106 valence electrons. The lowest BCUT2D eigenvalue weighted by atomic mass is 10.2. The normalized spacial score (nSPS) is 10.4. The number of benzene rings is 1. The Kier molecular flexibility index (Phi) is 4.52. The van der Waals surface area contributed by atoms with Crippen molar-refractivity contribution >= 4 is 38.6 Å². The molecule has 1 aromatic heterocycles. The van der Waals surface area contributed by atoms with E-state index in [4.69, 9.17) is 4.74 Å². The number of rotatable bonds is 6. The number of fused-ring (bicyclic) bond motifs is 1. The third-order valence-electron chi connectivity index (χ3n) is 2.63. The van der Waals surface area contributed by atoms with Crippen molar-refractivity contribution in [1.29, 1.82) is 0 Å². The summed E-state index contributed by atoms with van der Waals surface area (Å²) < 4.78 is 6.03. The minimum atomic E-state index is -1.15. The van der Waals surface area contributed by atoms with Crippen LogP contribution in [0.15, 0.2) is 18.2 Å². The molecule has 7 heteroatoms. The van der Waals surface area contributed by atoms with Crippen LogP contribution in [0, 0.1) is 0 Å². The number of methoxy groups -OCH3 is 1. The third kappa shape index (κ3) is 3.67. The van der Waals surface area contributed by atoms with Gasteiger partial charge in [-0.2, -0.15) is 0 Å². The Bertz CT molecular complexity index is 638. The Morgan fingerprint density at radius 1 is 1.40 bits per heavy atom. The molecule has 2 rings (SSSR count). The number of carbonyl (C=O) groups is 2. The number of thiazole rings is 1. The molecule has 0 saturated carbocycles. The first-order chi connectivity index (χ1) is 9.58. The molecule has 2 aromatic rings. The van der Waals surface area contributed by atoms with Crippen molar-refractivity contribution in [2.75, 3.05) is 12.4 Å². The summed E-state index contributed by atoms with van der Waals surface area (Å²) in [4.78, 5) is 26.1. The van der Waals surface area contributed by atoms with E-state index in [0.717, 1.165) is 16.0 Å². The summed E-state index contributed by atoms with van der Waals surface area (Å²) >= 11 is 1.34. The number of ether oxygens (including phenoxy) is 1. The van der Waals surface area contributed by atoms with Crippen molar-refractivity contribution in [3.05, 3.63) is 18.2 Å². The quantitative estimate of drug-likeness (QED) is 0.863. The van der Waals surface area contributed by atoms with Gasteiger partial charge in [0.05, 0.1) is 17.3 Å². The van der Waals surface area contributed by atoms with Crippen molar-refractivity contribution in [3.8, 4) is 5.75 Å². The van der Waals surface area contributed by atoms with E-state index in [1.165, 1.54) is 11.3 Å². The van der Waals surface area contributed by atoms with E-state index in [2.05, 4.69) is 10.3 Å². The molecule has 0 unspecified atom stereocenters. The maximum Gasteiger partial charge on any atom is 0.226 e. The first-order valence-electron chi connectivity index (χ1n) is 6.03. The molecule has 1 amide bonds. The number of carboxylic acids is 1. The summed E-state index contributed by atoms with van der Waals surface area (Å²) in [5.41, 5.74) is 0.779. The maximum atomic E-state index is 11.6. The van der Waals surface area contributed by atoms with Crippen LogP contribution in [0.4, 0.5) is 5.13 Å². The van der Waals surface area contributed by atoms with Crippen molar-refractivity contribution in [3.63, 3.8) is 0 Å². The zero-order valence-electron chi connectivity index (χ0n) is 10.8. The van der Waals surface area contributed by atoms with Crippen LogP contribution in [0.2, 0.25) is 0 Å². The smallest absolute Gasteiger partial charge is 0.226 e. The summed E-state index contributed by atoms with van der Waals surface area (Å²) in [5, 5.41) is 13.4. The molecule has 0 aliphatic rings. The Morgan fingerprint density at radius 3 is 2.90 bits per heavy atom. The van der Waals surface area contributed by atoms with Gasteiger partial charge in [0.25, 0.3) is 0 Å². The molecule has 1 aromatic carbocycles. The van der Waals surface area contributed by atoms with Gasteiger partial charge in [-0.15, -0.1) is 0 Å². The molecule has 1 heterocycles. The summed E-state index contributed by atoms with van der Waals surface area (Å²) in [6.45, 7) is 0. The SMILES string of the molecule is COc1ccc2nc(NC(=O)CCCC(=O)[O-])sc2c1. The van der Waals surface area contributed by atoms with Crippen molar-refractivity contribution in [2.24, 2.45) is 0 Å². The van der Waals surface area contributed by atoms with E-state index in [9.17, 15) is 14.7 Å². The van der Waals surface area contributed by atoms with Crippen LogP contribution in [0.1, 0.15) is 19.3 Å². The zero-order chi connectivity index (χ0) is 14.5. The predicted molar refractivity (Wildman–Crippen MR) is 73.7 cm³/mol. The van der Waals surface area contributed by atoms with E-state index in [1.807, 2.05) is 12.1 Å². The summed E-state index contributed by atoms with van der Waals surface area (Å²) in [7, 11) is 1.59. The van der Waals surface area contributed by atoms with Gasteiger partial charge in [0.1, 0.15) is 5.75 Å². The number of carbonyl (C=O) groups excluding carboxylic acids is 2. The average Bonchev–Trinajstić information content (AvgIpc) is 2.78. The van der Waals surface area contributed by atoms with Crippen LogP contribution in [0.25, 0.3) is 10.2 Å². The van der Waals surface area contributed by atoms with Gasteiger partial charge in [0.15, 0.2) is 5.13 Å². The Morgan fingerprint density at radius 2 is 2.20 bits per heavy atom. The molecule has 1 N–H and O–H groups in total. The molecule has 0 aliphatic heterocycles. The van der Waals surface area contributed by atoms with Gasteiger partial charge < -0.3 is 20.0 Å². The number of carboxylic acid groups (broad SMARTS) is 1. The number of hydrogen-bond donors (Lipinski definition) is 1. The Hall–Kier alpha value is -2.15. The van der Waals surface area contributed by atoms with Crippen molar-refractivity contribution in [2.45, 2.75) is 19.3 Å². The third-order valence-corrected chi connectivity index (χ3v) is 3.56. The fraction of sp³-hybridized carbons (Fsp3) is 0.308. The predicted octanol–water partition coefficient (Wildman–Crippen LogP) is 1.16. The Balaban J connectivity index is 1.99. The molecule has 0 radical (unpaired) electrons. The second-order valence-corrected chi connectivity index (χ2v) is 5.16. The first kappa shape index (κ1) is 14.3. The zero-order valence-corrected chi connectivity index (χ0v) is 11.7. The summed E-state index contributed by atoms with van der Waals surface area (Å²) in [6.07, 6.45) is 0.268. The van der Waals surface area contributed by atoms with E-state index < -0.39 is 5.97 Å². The number of amides is 1. The average molecular weight is 293 g/mol. The number of anilines is 1. The van der Waals surface area contributed by atoms with Gasteiger partial charge >= 0.3 is 0 Å². The fourth-order valence-corrected chi connectivity index (χ4v) is 2.57. The first-order valence-corrected chi connectivity index (χ1v) is 6.84. The van der Waals surface area contributed by atoms with Crippen molar-refractivity contribution in [1.82, 2.24) is 4.98 Å². The lowest BCUT2D eigenvalue weighted by molar-refractivity contribution is -0.305. The van der Waals surface area contributed by atoms with Gasteiger partial charge in [-0.1, -0.05) is 11.3 Å². The second kappa shape index (κ2) is 6.33. The summed E-state index contributed by atoms with van der Waals surface area (Å²) in [5.74, 6) is -0.671. The van der Waals surface area contributed by atoms with Gasteiger partial charge in [-0.25, -0.2) is 4.98 Å². The van der Waals surface area contributed by atoms with Gasteiger partial charge in [-0.05, 0) is 31.0 Å². The van der Waals surface area contributed by atoms with Gasteiger partial charge in [0.2, 0.25) is 5.91 Å². The number of aromatic nitrogens is 1. The molecule has 0 bridgehead atoms. The van der Waals surface area contributed by atoms with E-state index in [1.54, 1.807) is 13.2 Å². The van der Waals surface area contributed by atoms with E-state index >= 15 is 0 Å². The molecule has 0 atom stereocenters. The summed E-state index contributed by atoms with van der Waals surface area (Å²) in [6, 6.07) is 5.46. The van der Waals surface area contributed by atoms with E-state index in [0.29, 0.717) is 5.13 Å². The molecular formula is C13H13N2O4S-. The van der Waals surface area contributed by atoms with Crippen LogP contribution in [-0.2, 0) is 9.59 Å². The number of aliphatic carboxylic acids is 1. The maximum absolute atomic E-state index is 11.6. The van der Waals surface area contributed by atoms with Gasteiger partial charge in [0, 0.05) is 12.4 Å². The van der Waals surface area contributed by atoms with Crippen molar-refractivity contribution < 1.29 is 19.4 Å². The molecule has 20 heavy (non-hydrogen) atoms. The number of nitrogens with zero attached hydrogens (tertiary/aromatic N) is 1. The number of nitrogens with one attached hydrogen (secondary N) is 1. The lowest BCUT2D eigenvalue weighted by Crippen LogP contribution is -2.22. The number of hydrogen-bond acceptors (Lipinski definition) is 6. The highest BCUT2D eigenvalue weighted by Crippen LogP contribution is 2.29. The fourth-order valence-electron chi connectivity index (χ4n) is 1.66. The van der Waals surface area contributed by atoms with Crippen LogP contribution >= 0.6 is 11.3 Å². The highest BCUT2D eigenvalue weighted by molar-refractivity contribution is 7.22. The Labute approximate surface area is 119 Å². The van der Waals surface area contributed by atoms with Crippen LogP contribution in [-0.4, -0.2) is 24.0 Å². The van der Waals surface area contributed by atoms with Crippen LogP contribution in [0.3, 0.4) is 0 Å². The largest absolute Gasteiger partial charge is 0.550 e. The molecule has 0 aliphatic carbocycles. The monoisotopic (exact) mass is 293 g/mol.